The predicted molar refractivity (Wildman–Crippen MR) is 81.9 cm³/mol. The number of thiophene rings is 1. The van der Waals surface area contributed by atoms with E-state index in [9.17, 15) is 0 Å². The molecule has 0 bridgehead atoms. The Kier molecular flexibility index (Phi) is 4.31. The molecule has 1 atom stereocenters. The van der Waals surface area contributed by atoms with Crippen LogP contribution in [0.2, 0.25) is 5.02 Å². The summed E-state index contributed by atoms with van der Waals surface area (Å²) in [5.41, 5.74) is 8.53. The normalized spacial score (nSPS) is 12.8. The molecule has 0 saturated carbocycles. The van der Waals surface area contributed by atoms with Crippen LogP contribution in [0.25, 0.3) is 0 Å². The maximum atomic E-state index is 6.25. The van der Waals surface area contributed by atoms with Crippen LogP contribution < -0.4 is 5.73 Å². The summed E-state index contributed by atoms with van der Waals surface area (Å²) in [7, 11) is 0. The van der Waals surface area contributed by atoms with Gasteiger partial charge in [0.05, 0.1) is 14.9 Å². The number of benzene rings is 1. The number of halogens is 3. The third kappa shape index (κ3) is 2.93. The standard InChI is InChI=1S/C12H10Br2ClNS/c1-6-2-3-7(8(13)4-6)11(16)10-5-9(15)12(14)17-10/h2-5,11H,16H2,1H3. The topological polar surface area (TPSA) is 26.0 Å². The lowest BCUT2D eigenvalue weighted by Crippen LogP contribution is -2.10. The van der Waals surface area contributed by atoms with Crippen molar-refractivity contribution >= 4 is 54.8 Å². The average Bonchev–Trinajstić information content (AvgIpc) is 2.58. The Morgan fingerprint density at radius 3 is 2.53 bits per heavy atom. The van der Waals surface area contributed by atoms with Gasteiger partial charge in [-0.05, 0) is 46.1 Å². The highest BCUT2D eigenvalue weighted by Gasteiger charge is 2.16. The molecule has 0 spiro atoms. The van der Waals surface area contributed by atoms with Crippen molar-refractivity contribution in [3.63, 3.8) is 0 Å². The number of hydrogen-bond acceptors (Lipinski definition) is 2. The molecule has 17 heavy (non-hydrogen) atoms. The van der Waals surface area contributed by atoms with Gasteiger partial charge < -0.3 is 5.73 Å². The maximum Gasteiger partial charge on any atom is 0.0888 e. The van der Waals surface area contributed by atoms with Gasteiger partial charge in [-0.1, -0.05) is 39.7 Å². The van der Waals surface area contributed by atoms with Gasteiger partial charge in [0.1, 0.15) is 0 Å². The van der Waals surface area contributed by atoms with Gasteiger partial charge in [-0.25, -0.2) is 0 Å². The third-order valence-corrected chi connectivity index (χ3v) is 5.71. The van der Waals surface area contributed by atoms with Gasteiger partial charge in [0.15, 0.2) is 0 Å². The molecule has 1 aromatic carbocycles. The lowest BCUT2D eigenvalue weighted by atomic mass is 10.0. The summed E-state index contributed by atoms with van der Waals surface area (Å²) in [4.78, 5) is 1.05. The molecule has 0 aliphatic heterocycles. The van der Waals surface area contributed by atoms with E-state index < -0.39 is 0 Å². The summed E-state index contributed by atoms with van der Waals surface area (Å²) in [5, 5.41) is 0.712. The van der Waals surface area contributed by atoms with E-state index in [0.29, 0.717) is 5.02 Å². The third-order valence-electron chi connectivity index (χ3n) is 2.46. The number of aryl methyl sites for hydroxylation is 1. The van der Waals surface area contributed by atoms with E-state index in [2.05, 4.69) is 50.9 Å². The van der Waals surface area contributed by atoms with Gasteiger partial charge in [0, 0.05) is 9.35 Å². The fraction of sp³-hybridized carbons (Fsp3) is 0.167. The van der Waals surface area contributed by atoms with E-state index in [0.717, 1.165) is 18.7 Å². The van der Waals surface area contributed by atoms with Crippen molar-refractivity contribution in [1.82, 2.24) is 0 Å². The summed E-state index contributed by atoms with van der Waals surface area (Å²) in [6, 6.07) is 7.93. The van der Waals surface area contributed by atoms with Crippen LogP contribution in [0.15, 0.2) is 32.5 Å². The van der Waals surface area contributed by atoms with Crippen LogP contribution in [0.4, 0.5) is 0 Å². The number of nitrogens with two attached hydrogens (primary N) is 1. The summed E-state index contributed by atoms with van der Waals surface area (Å²) >= 11 is 14.5. The molecule has 0 radical (unpaired) electrons. The van der Waals surface area contributed by atoms with Crippen molar-refractivity contribution in [2.75, 3.05) is 0 Å². The highest BCUT2D eigenvalue weighted by atomic mass is 79.9. The minimum Gasteiger partial charge on any atom is -0.320 e. The van der Waals surface area contributed by atoms with Crippen LogP contribution in [0.1, 0.15) is 22.0 Å². The second-order valence-electron chi connectivity index (χ2n) is 3.77. The van der Waals surface area contributed by atoms with E-state index in [1.54, 1.807) is 11.3 Å². The molecule has 1 heterocycles. The second-order valence-corrected chi connectivity index (χ2v) is 7.44. The van der Waals surface area contributed by atoms with Gasteiger partial charge in [0.2, 0.25) is 0 Å². The fourth-order valence-corrected chi connectivity index (χ4v) is 4.06. The first-order chi connectivity index (χ1) is 7.99. The molecule has 1 nitrogen and oxygen atoms in total. The largest absolute Gasteiger partial charge is 0.320 e. The fourth-order valence-electron chi connectivity index (χ4n) is 1.55. The Balaban J connectivity index is 2.39. The van der Waals surface area contributed by atoms with Crippen LogP contribution in [0.3, 0.4) is 0 Å². The molecule has 0 aliphatic rings. The highest BCUT2D eigenvalue weighted by molar-refractivity contribution is 9.11. The molecule has 1 aromatic heterocycles. The SMILES string of the molecule is Cc1ccc(C(N)c2cc(Cl)c(Br)s2)c(Br)c1. The predicted octanol–water partition coefficient (Wildman–Crippen LogP) is 5.28. The van der Waals surface area contributed by atoms with Gasteiger partial charge in [0.25, 0.3) is 0 Å². The quantitative estimate of drug-likeness (QED) is 0.735. The van der Waals surface area contributed by atoms with E-state index in [1.165, 1.54) is 5.56 Å². The van der Waals surface area contributed by atoms with E-state index in [-0.39, 0.29) is 6.04 Å². The van der Waals surface area contributed by atoms with Gasteiger partial charge >= 0.3 is 0 Å². The zero-order valence-corrected chi connectivity index (χ0v) is 13.8. The summed E-state index contributed by atoms with van der Waals surface area (Å²) < 4.78 is 1.96. The highest BCUT2D eigenvalue weighted by Crippen LogP contribution is 2.38. The molecule has 0 saturated heterocycles. The smallest absolute Gasteiger partial charge is 0.0888 e. The molecule has 2 rings (SSSR count). The van der Waals surface area contributed by atoms with Crippen molar-refractivity contribution in [3.05, 3.63) is 53.6 Å². The molecule has 5 heteroatoms. The Morgan fingerprint density at radius 1 is 1.29 bits per heavy atom. The first kappa shape index (κ1) is 13.6. The van der Waals surface area contributed by atoms with Crippen LogP contribution in [-0.4, -0.2) is 0 Å². The van der Waals surface area contributed by atoms with Crippen LogP contribution in [-0.2, 0) is 0 Å². The van der Waals surface area contributed by atoms with Crippen molar-refractivity contribution < 1.29 is 0 Å². The van der Waals surface area contributed by atoms with Crippen LogP contribution in [0.5, 0.6) is 0 Å². The van der Waals surface area contributed by atoms with Crippen LogP contribution in [0, 0.1) is 6.92 Å². The van der Waals surface area contributed by atoms with E-state index >= 15 is 0 Å². The molecule has 90 valence electrons. The first-order valence-corrected chi connectivity index (χ1v) is 7.73. The van der Waals surface area contributed by atoms with Crippen molar-refractivity contribution in [2.24, 2.45) is 5.73 Å². The Morgan fingerprint density at radius 2 is 2.00 bits per heavy atom. The summed E-state index contributed by atoms with van der Waals surface area (Å²) in [6.45, 7) is 2.05. The number of rotatable bonds is 2. The molecule has 2 aromatic rings. The molecule has 0 fully saturated rings. The monoisotopic (exact) mass is 393 g/mol. The van der Waals surface area contributed by atoms with Gasteiger partial charge in [-0.3, -0.25) is 0 Å². The lowest BCUT2D eigenvalue weighted by Gasteiger charge is -2.12. The molecule has 1 unspecified atom stereocenters. The average molecular weight is 396 g/mol. The molecular weight excluding hydrogens is 385 g/mol. The molecular formula is C12H10Br2ClNS. The molecule has 0 aliphatic carbocycles. The van der Waals surface area contributed by atoms with E-state index in [1.807, 2.05) is 12.1 Å². The number of hydrogen-bond donors (Lipinski definition) is 1. The van der Waals surface area contributed by atoms with Crippen molar-refractivity contribution in [1.29, 1.82) is 0 Å². The first-order valence-electron chi connectivity index (χ1n) is 4.95. The Hall–Kier alpha value is 0.130. The summed E-state index contributed by atoms with van der Waals surface area (Å²) in [5.74, 6) is 0. The lowest BCUT2D eigenvalue weighted by molar-refractivity contribution is 0.886. The second kappa shape index (κ2) is 5.41. The van der Waals surface area contributed by atoms with Crippen LogP contribution >= 0.6 is 54.8 Å². The molecule has 2 N–H and O–H groups in total. The van der Waals surface area contributed by atoms with Crippen molar-refractivity contribution in [2.45, 2.75) is 13.0 Å². The summed E-state index contributed by atoms with van der Waals surface area (Å²) in [6.07, 6.45) is 0. The Labute approximate surface area is 126 Å². The van der Waals surface area contributed by atoms with Gasteiger partial charge in [-0.2, -0.15) is 0 Å². The minimum absolute atomic E-state index is 0.154. The van der Waals surface area contributed by atoms with Crippen molar-refractivity contribution in [3.8, 4) is 0 Å². The molecule has 0 amide bonds. The zero-order valence-electron chi connectivity index (χ0n) is 9.01. The van der Waals surface area contributed by atoms with E-state index in [4.69, 9.17) is 17.3 Å². The minimum atomic E-state index is -0.154. The Bertz CT molecular complexity index is 534. The maximum absolute atomic E-state index is 6.25. The zero-order chi connectivity index (χ0) is 12.6. The van der Waals surface area contributed by atoms with Gasteiger partial charge in [-0.15, -0.1) is 11.3 Å².